The van der Waals surface area contributed by atoms with E-state index in [0.717, 1.165) is 55.5 Å². The summed E-state index contributed by atoms with van der Waals surface area (Å²) in [6.07, 6.45) is 5.70. The van der Waals surface area contributed by atoms with Crippen LogP contribution in [-0.2, 0) is 32.5 Å². The summed E-state index contributed by atoms with van der Waals surface area (Å²) in [5.41, 5.74) is 6.21. The SMILES string of the molecule is Cc1nc(-c2nc(CCc3ccccc3)c3n2CCN(Cc2ccncc2)C3)cs1. The Bertz CT molecular complexity index is 1120. The number of pyridine rings is 1. The molecular formula is C24H25N5S. The van der Waals surface area contributed by atoms with Crippen molar-refractivity contribution < 1.29 is 0 Å². The quantitative estimate of drug-likeness (QED) is 0.465. The van der Waals surface area contributed by atoms with E-state index in [1.165, 1.54) is 22.5 Å². The second-order valence-electron chi connectivity index (χ2n) is 7.78. The zero-order valence-electron chi connectivity index (χ0n) is 17.2. The van der Waals surface area contributed by atoms with Gasteiger partial charge in [0.15, 0.2) is 5.82 Å². The second-order valence-corrected chi connectivity index (χ2v) is 8.85. The number of rotatable bonds is 6. The third-order valence-corrected chi connectivity index (χ3v) is 6.44. The monoisotopic (exact) mass is 415 g/mol. The Morgan fingerprint density at radius 2 is 1.77 bits per heavy atom. The van der Waals surface area contributed by atoms with Gasteiger partial charge in [0.2, 0.25) is 0 Å². The van der Waals surface area contributed by atoms with Gasteiger partial charge in [-0.25, -0.2) is 9.97 Å². The Labute approximate surface area is 181 Å². The van der Waals surface area contributed by atoms with Gasteiger partial charge in [0.1, 0.15) is 5.69 Å². The zero-order chi connectivity index (χ0) is 20.3. The molecule has 0 atom stereocenters. The number of benzene rings is 1. The molecular weight excluding hydrogens is 390 g/mol. The molecule has 0 radical (unpaired) electrons. The van der Waals surface area contributed by atoms with Gasteiger partial charge >= 0.3 is 0 Å². The first-order chi connectivity index (χ1) is 14.8. The lowest BCUT2D eigenvalue weighted by Crippen LogP contribution is -2.33. The maximum Gasteiger partial charge on any atom is 0.160 e. The molecule has 0 spiro atoms. The molecule has 0 amide bonds. The van der Waals surface area contributed by atoms with Crippen molar-refractivity contribution in [2.45, 2.75) is 39.4 Å². The summed E-state index contributed by atoms with van der Waals surface area (Å²) in [6, 6.07) is 14.9. The van der Waals surface area contributed by atoms with Crippen LogP contribution in [0.4, 0.5) is 0 Å². The Hall–Kier alpha value is -2.83. The van der Waals surface area contributed by atoms with Crippen molar-refractivity contribution in [1.82, 2.24) is 24.4 Å². The van der Waals surface area contributed by atoms with Gasteiger partial charge in [-0.1, -0.05) is 30.3 Å². The lowest BCUT2D eigenvalue weighted by atomic mass is 10.1. The van der Waals surface area contributed by atoms with Crippen LogP contribution >= 0.6 is 11.3 Å². The molecule has 1 aromatic carbocycles. The molecule has 5 rings (SSSR count). The van der Waals surface area contributed by atoms with Crippen molar-refractivity contribution >= 4 is 11.3 Å². The van der Waals surface area contributed by atoms with E-state index in [4.69, 9.17) is 9.97 Å². The fourth-order valence-corrected chi connectivity index (χ4v) is 4.73. The Morgan fingerprint density at radius 1 is 0.933 bits per heavy atom. The van der Waals surface area contributed by atoms with E-state index in [1.54, 1.807) is 11.3 Å². The summed E-state index contributed by atoms with van der Waals surface area (Å²) in [4.78, 5) is 16.5. The number of fused-ring (bicyclic) bond motifs is 1. The number of imidazole rings is 1. The number of nitrogens with zero attached hydrogens (tertiary/aromatic N) is 5. The first kappa shape index (κ1) is 19.2. The lowest BCUT2D eigenvalue weighted by molar-refractivity contribution is 0.213. The molecule has 1 aliphatic heterocycles. The fourth-order valence-electron chi connectivity index (χ4n) is 4.14. The number of aromatic nitrogens is 4. The van der Waals surface area contributed by atoms with Gasteiger partial charge < -0.3 is 4.57 Å². The van der Waals surface area contributed by atoms with Crippen LogP contribution in [0.3, 0.4) is 0 Å². The first-order valence-corrected chi connectivity index (χ1v) is 11.3. The molecule has 0 saturated heterocycles. The van der Waals surface area contributed by atoms with Gasteiger partial charge in [-0.3, -0.25) is 9.88 Å². The van der Waals surface area contributed by atoms with Crippen LogP contribution in [0.25, 0.3) is 11.5 Å². The summed E-state index contributed by atoms with van der Waals surface area (Å²) in [6.45, 7) is 5.88. The Balaban J connectivity index is 1.43. The van der Waals surface area contributed by atoms with Gasteiger partial charge in [-0.2, -0.15) is 0 Å². The van der Waals surface area contributed by atoms with E-state index in [9.17, 15) is 0 Å². The molecule has 0 aliphatic carbocycles. The molecule has 0 N–H and O–H groups in total. The van der Waals surface area contributed by atoms with E-state index in [2.05, 4.69) is 69.2 Å². The average Bonchev–Trinajstić information content (AvgIpc) is 3.37. The summed E-state index contributed by atoms with van der Waals surface area (Å²) >= 11 is 1.69. The molecule has 152 valence electrons. The highest BCUT2D eigenvalue weighted by Gasteiger charge is 2.25. The molecule has 0 bridgehead atoms. The third kappa shape index (κ3) is 4.06. The normalized spacial score (nSPS) is 14.0. The minimum Gasteiger partial charge on any atom is -0.324 e. The van der Waals surface area contributed by atoms with Crippen molar-refractivity contribution in [1.29, 1.82) is 0 Å². The highest BCUT2D eigenvalue weighted by molar-refractivity contribution is 7.09. The maximum atomic E-state index is 5.10. The Kier molecular flexibility index (Phi) is 5.43. The van der Waals surface area contributed by atoms with Crippen molar-refractivity contribution in [2.75, 3.05) is 6.54 Å². The fraction of sp³-hybridized carbons (Fsp3) is 0.292. The minimum absolute atomic E-state index is 0.919. The lowest BCUT2D eigenvalue weighted by Gasteiger charge is -2.29. The second kappa shape index (κ2) is 8.50. The van der Waals surface area contributed by atoms with Crippen LogP contribution in [0.15, 0.2) is 60.2 Å². The largest absolute Gasteiger partial charge is 0.324 e. The van der Waals surface area contributed by atoms with E-state index in [-0.39, 0.29) is 0 Å². The van der Waals surface area contributed by atoms with Gasteiger partial charge in [-0.15, -0.1) is 11.3 Å². The van der Waals surface area contributed by atoms with Gasteiger partial charge in [0.05, 0.1) is 16.4 Å². The zero-order valence-corrected chi connectivity index (χ0v) is 18.0. The minimum atomic E-state index is 0.919. The molecule has 30 heavy (non-hydrogen) atoms. The maximum absolute atomic E-state index is 5.10. The standard InChI is InChI=1S/C24H25N5S/c1-18-26-22(17-30-18)24-27-21(8-7-19-5-3-2-4-6-19)23-16-28(13-14-29(23)24)15-20-9-11-25-12-10-20/h2-6,9-12,17H,7-8,13-16H2,1H3. The van der Waals surface area contributed by atoms with E-state index < -0.39 is 0 Å². The summed E-state index contributed by atoms with van der Waals surface area (Å²) in [5, 5.41) is 3.22. The summed E-state index contributed by atoms with van der Waals surface area (Å²) in [5.74, 6) is 1.03. The first-order valence-electron chi connectivity index (χ1n) is 10.4. The molecule has 0 saturated carbocycles. The van der Waals surface area contributed by atoms with Crippen LogP contribution in [0, 0.1) is 6.92 Å². The van der Waals surface area contributed by atoms with Crippen molar-refractivity contribution in [3.63, 3.8) is 0 Å². The van der Waals surface area contributed by atoms with Crippen molar-refractivity contribution in [3.8, 4) is 11.5 Å². The highest BCUT2D eigenvalue weighted by Crippen LogP contribution is 2.28. The van der Waals surface area contributed by atoms with Crippen molar-refractivity contribution in [3.05, 3.63) is 87.8 Å². The van der Waals surface area contributed by atoms with Crippen LogP contribution in [0.5, 0.6) is 0 Å². The molecule has 0 unspecified atom stereocenters. The predicted molar refractivity (Wildman–Crippen MR) is 120 cm³/mol. The summed E-state index contributed by atoms with van der Waals surface area (Å²) < 4.78 is 2.40. The van der Waals surface area contributed by atoms with Crippen LogP contribution in [-0.4, -0.2) is 31.0 Å². The molecule has 4 aromatic rings. The Morgan fingerprint density at radius 3 is 2.53 bits per heavy atom. The molecule has 4 heterocycles. The molecule has 3 aromatic heterocycles. The smallest absolute Gasteiger partial charge is 0.160 e. The van der Waals surface area contributed by atoms with Crippen molar-refractivity contribution in [2.24, 2.45) is 0 Å². The van der Waals surface area contributed by atoms with Crippen LogP contribution < -0.4 is 0 Å². The number of aryl methyl sites for hydroxylation is 3. The molecule has 5 nitrogen and oxygen atoms in total. The van der Waals surface area contributed by atoms with E-state index in [1.807, 2.05) is 12.4 Å². The topological polar surface area (TPSA) is 46.8 Å². The predicted octanol–water partition coefficient (Wildman–Crippen LogP) is 4.51. The molecule has 1 aliphatic rings. The van der Waals surface area contributed by atoms with E-state index in [0.29, 0.717) is 0 Å². The van der Waals surface area contributed by atoms with Crippen LogP contribution in [0.1, 0.15) is 27.5 Å². The number of hydrogen-bond donors (Lipinski definition) is 0. The third-order valence-electron chi connectivity index (χ3n) is 5.67. The molecule has 6 heteroatoms. The van der Waals surface area contributed by atoms with Gasteiger partial charge in [0, 0.05) is 44.0 Å². The average molecular weight is 416 g/mol. The number of hydrogen-bond acceptors (Lipinski definition) is 5. The van der Waals surface area contributed by atoms with E-state index >= 15 is 0 Å². The summed E-state index contributed by atoms with van der Waals surface area (Å²) in [7, 11) is 0. The van der Waals surface area contributed by atoms with Crippen LogP contribution in [0.2, 0.25) is 0 Å². The molecule has 0 fully saturated rings. The van der Waals surface area contributed by atoms with Gasteiger partial charge in [-0.05, 0) is 43.0 Å². The highest BCUT2D eigenvalue weighted by atomic mass is 32.1. The van der Waals surface area contributed by atoms with Gasteiger partial charge in [0.25, 0.3) is 0 Å². The number of thiazole rings is 1.